The molecule has 3 nitrogen and oxygen atoms in total. The van der Waals surface area contributed by atoms with Crippen LogP contribution in [0.25, 0.3) is 60.6 Å². The van der Waals surface area contributed by atoms with Gasteiger partial charge in [-0.05, 0) is 59.7 Å². The van der Waals surface area contributed by atoms with Crippen molar-refractivity contribution in [1.29, 1.82) is 5.26 Å². The van der Waals surface area contributed by atoms with Crippen molar-refractivity contribution in [2.24, 2.45) is 0 Å². The lowest BCUT2D eigenvalue weighted by atomic mass is 10.0. The van der Waals surface area contributed by atoms with Crippen LogP contribution in [0.15, 0.2) is 114 Å². The molecule has 0 aliphatic rings. The fraction of sp³-hybridized carbons (Fsp3) is 0. The second-order valence-corrected chi connectivity index (χ2v) is 8.52. The molecule has 0 radical (unpaired) electrons. The van der Waals surface area contributed by atoms with Crippen LogP contribution in [0.4, 0.5) is 0 Å². The third kappa shape index (κ3) is 2.63. The largest absolute Gasteiger partial charge is 0.456 e. The topological polar surface area (TPSA) is 41.9 Å². The molecule has 7 aromatic rings. The van der Waals surface area contributed by atoms with Gasteiger partial charge in [-0.1, -0.05) is 60.7 Å². The summed E-state index contributed by atoms with van der Waals surface area (Å²) < 4.78 is 8.21. The smallest absolute Gasteiger partial charge is 0.135 e. The Hall–Kier alpha value is -4.81. The maximum atomic E-state index is 9.73. The van der Waals surface area contributed by atoms with Gasteiger partial charge in [-0.3, -0.25) is 0 Å². The van der Waals surface area contributed by atoms with E-state index in [0.717, 1.165) is 55.2 Å². The van der Waals surface area contributed by atoms with Crippen LogP contribution in [-0.4, -0.2) is 4.57 Å². The Morgan fingerprint density at radius 2 is 1.21 bits per heavy atom. The van der Waals surface area contributed by atoms with E-state index >= 15 is 0 Å². The Kier molecular flexibility index (Phi) is 3.91. The van der Waals surface area contributed by atoms with Crippen LogP contribution in [0.2, 0.25) is 0 Å². The zero-order chi connectivity index (χ0) is 22.6. The summed E-state index contributed by atoms with van der Waals surface area (Å²) in [7, 11) is 0. The third-order valence-corrected chi connectivity index (χ3v) is 6.65. The number of rotatable bonds is 2. The normalized spacial score (nSPS) is 11.5. The molecule has 0 bridgehead atoms. The molecule has 0 aliphatic carbocycles. The number of fused-ring (bicyclic) bond motifs is 6. The lowest BCUT2D eigenvalue weighted by molar-refractivity contribution is 0.669. The first-order valence-corrected chi connectivity index (χ1v) is 11.3. The van der Waals surface area contributed by atoms with Gasteiger partial charge in [-0.15, -0.1) is 0 Å². The molecule has 0 saturated heterocycles. The lowest BCUT2D eigenvalue weighted by Gasteiger charge is -2.10. The number of aromatic nitrogens is 1. The monoisotopic (exact) mass is 434 g/mol. The highest BCUT2D eigenvalue weighted by Gasteiger charge is 2.15. The van der Waals surface area contributed by atoms with Crippen molar-refractivity contribution in [3.05, 3.63) is 115 Å². The molecular formula is C31H18N2O. The van der Waals surface area contributed by atoms with Crippen molar-refractivity contribution in [3.8, 4) is 22.9 Å². The number of para-hydroxylation sites is 3. The average molecular weight is 434 g/mol. The number of furan rings is 1. The van der Waals surface area contributed by atoms with E-state index in [1.165, 1.54) is 5.39 Å². The van der Waals surface area contributed by atoms with Gasteiger partial charge < -0.3 is 8.98 Å². The molecule has 0 spiro atoms. The maximum absolute atomic E-state index is 9.73. The van der Waals surface area contributed by atoms with E-state index in [-0.39, 0.29) is 0 Å². The minimum absolute atomic E-state index is 0.659. The van der Waals surface area contributed by atoms with E-state index in [2.05, 4.69) is 71.3 Å². The molecule has 7 rings (SSSR count). The first-order valence-electron chi connectivity index (χ1n) is 11.3. The number of hydrogen-bond donors (Lipinski definition) is 0. The summed E-state index contributed by atoms with van der Waals surface area (Å²) in [6, 6.07) is 39.6. The summed E-state index contributed by atoms with van der Waals surface area (Å²) in [6.45, 7) is 0. The minimum atomic E-state index is 0.659. The van der Waals surface area contributed by atoms with Gasteiger partial charge in [-0.25, -0.2) is 0 Å². The Labute approximate surface area is 195 Å². The molecule has 0 unspecified atom stereocenters. The predicted molar refractivity (Wildman–Crippen MR) is 138 cm³/mol. The first kappa shape index (κ1) is 18.7. The predicted octanol–water partition coefficient (Wildman–Crippen LogP) is 8.22. The zero-order valence-electron chi connectivity index (χ0n) is 18.2. The Morgan fingerprint density at radius 1 is 0.559 bits per heavy atom. The zero-order valence-corrected chi connectivity index (χ0v) is 18.2. The van der Waals surface area contributed by atoms with Gasteiger partial charge in [0, 0.05) is 21.5 Å². The van der Waals surface area contributed by atoms with Crippen LogP contribution in [0.5, 0.6) is 0 Å². The van der Waals surface area contributed by atoms with Crippen molar-refractivity contribution in [3.63, 3.8) is 0 Å². The number of nitrogens with zero attached hydrogens (tertiary/aromatic N) is 2. The number of benzene rings is 5. The molecular weight excluding hydrogens is 416 g/mol. The highest BCUT2D eigenvalue weighted by atomic mass is 16.3. The van der Waals surface area contributed by atoms with Crippen molar-refractivity contribution >= 4 is 43.7 Å². The van der Waals surface area contributed by atoms with Gasteiger partial charge in [-0.2, -0.15) is 5.26 Å². The molecule has 0 N–H and O–H groups in total. The molecule has 0 atom stereocenters. The number of nitriles is 1. The lowest BCUT2D eigenvalue weighted by Crippen LogP contribution is -1.96. The van der Waals surface area contributed by atoms with Crippen molar-refractivity contribution in [2.45, 2.75) is 0 Å². The van der Waals surface area contributed by atoms with E-state index in [4.69, 9.17) is 4.42 Å². The van der Waals surface area contributed by atoms with Gasteiger partial charge in [0.2, 0.25) is 0 Å². The summed E-state index contributed by atoms with van der Waals surface area (Å²) in [5.41, 5.74) is 7.84. The second kappa shape index (κ2) is 7.10. The van der Waals surface area contributed by atoms with Gasteiger partial charge >= 0.3 is 0 Å². The van der Waals surface area contributed by atoms with Gasteiger partial charge in [0.25, 0.3) is 0 Å². The van der Waals surface area contributed by atoms with Crippen LogP contribution in [0.1, 0.15) is 5.56 Å². The summed E-state index contributed by atoms with van der Waals surface area (Å²) >= 11 is 0. The average Bonchev–Trinajstić information content (AvgIpc) is 3.43. The molecule has 0 fully saturated rings. The van der Waals surface area contributed by atoms with Crippen molar-refractivity contribution in [2.75, 3.05) is 0 Å². The molecule has 2 heterocycles. The molecule has 0 amide bonds. The van der Waals surface area contributed by atoms with Gasteiger partial charge in [0.15, 0.2) is 0 Å². The molecule has 2 aromatic heterocycles. The van der Waals surface area contributed by atoms with Crippen LogP contribution in [-0.2, 0) is 0 Å². The summed E-state index contributed by atoms with van der Waals surface area (Å²) in [6.07, 6.45) is 0. The molecule has 0 saturated carbocycles. The fourth-order valence-electron chi connectivity index (χ4n) is 5.08. The summed E-state index contributed by atoms with van der Waals surface area (Å²) in [4.78, 5) is 0. The van der Waals surface area contributed by atoms with Crippen molar-refractivity contribution in [1.82, 2.24) is 4.57 Å². The number of hydrogen-bond acceptors (Lipinski definition) is 2. The first-order chi connectivity index (χ1) is 16.8. The fourth-order valence-corrected chi connectivity index (χ4v) is 5.08. The second-order valence-electron chi connectivity index (χ2n) is 8.52. The van der Waals surface area contributed by atoms with Gasteiger partial charge in [0.05, 0.1) is 22.3 Å². The van der Waals surface area contributed by atoms with E-state index in [1.54, 1.807) is 0 Å². The third-order valence-electron chi connectivity index (χ3n) is 6.65. The van der Waals surface area contributed by atoms with Gasteiger partial charge in [0.1, 0.15) is 17.2 Å². The Bertz CT molecular complexity index is 1930. The van der Waals surface area contributed by atoms with Crippen molar-refractivity contribution < 1.29 is 4.42 Å². The SMILES string of the molecule is N#Cc1ccccc1-n1c2ccccc2c2cc(-c3ccc4oc5ccccc5c4c3)ccc21. The maximum Gasteiger partial charge on any atom is 0.135 e. The Morgan fingerprint density at radius 3 is 2.09 bits per heavy atom. The molecule has 0 aliphatic heterocycles. The highest BCUT2D eigenvalue weighted by Crippen LogP contribution is 2.37. The van der Waals surface area contributed by atoms with Crippen LogP contribution >= 0.6 is 0 Å². The van der Waals surface area contributed by atoms with E-state index in [1.807, 2.05) is 48.5 Å². The van der Waals surface area contributed by atoms with E-state index < -0.39 is 0 Å². The van der Waals surface area contributed by atoms with Crippen LogP contribution in [0, 0.1) is 11.3 Å². The molecule has 5 aromatic carbocycles. The standard InChI is InChI=1S/C31H18N2O/c32-19-22-7-1-4-10-27(22)33-28-11-5-2-8-23(28)25-17-20(13-15-29(25)33)21-14-16-31-26(18-21)24-9-3-6-12-30(24)34-31/h1-18H. The minimum Gasteiger partial charge on any atom is -0.456 e. The van der Waals surface area contributed by atoms with E-state index in [9.17, 15) is 5.26 Å². The highest BCUT2D eigenvalue weighted by molar-refractivity contribution is 6.11. The molecule has 158 valence electrons. The summed E-state index contributed by atoms with van der Waals surface area (Å²) in [5.74, 6) is 0. The molecule has 34 heavy (non-hydrogen) atoms. The molecule has 3 heteroatoms. The van der Waals surface area contributed by atoms with E-state index in [0.29, 0.717) is 5.56 Å². The summed E-state index contributed by atoms with van der Waals surface area (Å²) in [5, 5.41) is 14.3. The van der Waals surface area contributed by atoms with Crippen LogP contribution < -0.4 is 0 Å². The quantitative estimate of drug-likeness (QED) is 0.275. The van der Waals surface area contributed by atoms with Crippen LogP contribution in [0.3, 0.4) is 0 Å². The Balaban J connectivity index is 1.49.